The largest absolute Gasteiger partial charge is 0.0871 e. The van der Waals surface area contributed by atoms with Gasteiger partial charge in [-0.05, 0) is 19.4 Å². The Morgan fingerprint density at radius 2 is 1.00 bits per heavy atom. The van der Waals surface area contributed by atoms with Gasteiger partial charge in [0.25, 0.3) is 0 Å². The molecule has 1 aromatic carbocycles. The summed E-state index contributed by atoms with van der Waals surface area (Å²) < 4.78 is 0. The molecule has 0 atom stereocenters. The van der Waals surface area contributed by atoms with E-state index in [1.54, 1.807) is 21.5 Å². The molecule has 0 fully saturated rings. The van der Waals surface area contributed by atoms with Gasteiger partial charge in [0.1, 0.15) is 0 Å². The summed E-state index contributed by atoms with van der Waals surface area (Å²) in [6.07, 6.45) is 24.5. The SMILES string of the molecule is C/C=C/c1cc([Si](C)(C)CCCCCCCCCC)c(C)cc1[Si](C)(C)CCCCCCCC. The molecule has 2 heteroatoms. The molecule has 0 nitrogen and oxygen atoms in total. The van der Waals surface area contributed by atoms with Gasteiger partial charge in [-0.1, -0.05) is 182 Å². The van der Waals surface area contributed by atoms with E-state index in [0.717, 1.165) is 0 Å². The lowest BCUT2D eigenvalue weighted by Gasteiger charge is -2.31. The molecule has 0 radical (unpaired) electrons. The molecule has 0 aliphatic rings. The monoisotopic (exact) mass is 500 g/mol. The van der Waals surface area contributed by atoms with Gasteiger partial charge in [0, 0.05) is 0 Å². The first-order chi connectivity index (χ1) is 16.2. The Balaban J connectivity index is 2.81. The van der Waals surface area contributed by atoms with Gasteiger partial charge in [-0.15, -0.1) is 0 Å². The number of rotatable bonds is 19. The van der Waals surface area contributed by atoms with Crippen molar-refractivity contribution in [2.24, 2.45) is 0 Å². The van der Waals surface area contributed by atoms with Gasteiger partial charge < -0.3 is 0 Å². The van der Waals surface area contributed by atoms with Crippen LogP contribution < -0.4 is 10.4 Å². The van der Waals surface area contributed by atoms with Crippen molar-refractivity contribution in [3.8, 4) is 0 Å². The van der Waals surface area contributed by atoms with Gasteiger partial charge in [-0.3, -0.25) is 0 Å². The van der Waals surface area contributed by atoms with Crippen LogP contribution in [0.1, 0.15) is 122 Å². The number of hydrogen-bond acceptors (Lipinski definition) is 0. The zero-order valence-electron chi connectivity index (χ0n) is 24.6. The van der Waals surface area contributed by atoms with Crippen LogP contribution in [0.5, 0.6) is 0 Å². The summed E-state index contributed by atoms with van der Waals surface area (Å²) in [5.41, 5.74) is 3.13. The second kappa shape index (κ2) is 17.0. The van der Waals surface area contributed by atoms with Gasteiger partial charge >= 0.3 is 0 Å². The fraction of sp³-hybridized carbons (Fsp3) is 0.750. The van der Waals surface area contributed by atoms with Crippen molar-refractivity contribution < 1.29 is 0 Å². The van der Waals surface area contributed by atoms with Crippen LogP contribution in [0.25, 0.3) is 6.08 Å². The summed E-state index contributed by atoms with van der Waals surface area (Å²) in [6.45, 7) is 19.7. The highest BCUT2D eigenvalue weighted by Gasteiger charge is 2.30. The molecule has 1 aromatic rings. The molecule has 0 bridgehead atoms. The zero-order chi connectivity index (χ0) is 25.5. The van der Waals surface area contributed by atoms with Gasteiger partial charge in [-0.2, -0.15) is 0 Å². The van der Waals surface area contributed by atoms with Crippen molar-refractivity contribution in [3.05, 3.63) is 29.3 Å². The summed E-state index contributed by atoms with van der Waals surface area (Å²) in [5, 5.41) is 3.42. The van der Waals surface area contributed by atoms with Gasteiger partial charge in [0.15, 0.2) is 0 Å². The van der Waals surface area contributed by atoms with Gasteiger partial charge in [0.2, 0.25) is 0 Å². The highest BCUT2D eigenvalue weighted by Crippen LogP contribution is 2.23. The molecule has 0 amide bonds. The molecular formula is C32H60Si2. The highest BCUT2D eigenvalue weighted by molar-refractivity contribution is 6.92. The molecule has 0 saturated carbocycles. The number of benzene rings is 1. The van der Waals surface area contributed by atoms with E-state index in [0.29, 0.717) is 0 Å². The first-order valence-electron chi connectivity index (χ1n) is 15.0. The second-order valence-electron chi connectivity index (χ2n) is 12.3. The first kappa shape index (κ1) is 31.4. The van der Waals surface area contributed by atoms with Crippen LogP contribution in [0.2, 0.25) is 38.3 Å². The van der Waals surface area contributed by atoms with Crippen LogP contribution in [0, 0.1) is 6.92 Å². The Kier molecular flexibility index (Phi) is 15.7. The third-order valence-corrected chi connectivity index (χ3v) is 15.1. The average Bonchev–Trinajstić information content (AvgIpc) is 2.78. The fourth-order valence-electron chi connectivity index (χ4n) is 5.67. The molecule has 0 N–H and O–H groups in total. The minimum absolute atomic E-state index is 1.34. The molecule has 0 aliphatic carbocycles. The van der Waals surface area contributed by atoms with Crippen LogP contribution in [-0.4, -0.2) is 16.1 Å². The smallest absolute Gasteiger partial charge is 0.0814 e. The van der Waals surface area contributed by atoms with Crippen molar-refractivity contribution in [1.29, 1.82) is 0 Å². The Morgan fingerprint density at radius 3 is 1.44 bits per heavy atom. The van der Waals surface area contributed by atoms with E-state index in [9.17, 15) is 0 Å². The molecule has 0 saturated heterocycles. The topological polar surface area (TPSA) is 0 Å². The Hall–Kier alpha value is -0.606. The third kappa shape index (κ3) is 11.4. The van der Waals surface area contributed by atoms with E-state index < -0.39 is 16.1 Å². The summed E-state index contributed by atoms with van der Waals surface area (Å²) in [7, 11) is -2.84. The highest BCUT2D eigenvalue weighted by atomic mass is 28.3. The summed E-state index contributed by atoms with van der Waals surface area (Å²) >= 11 is 0. The van der Waals surface area contributed by atoms with E-state index in [-0.39, 0.29) is 0 Å². The van der Waals surface area contributed by atoms with Crippen molar-refractivity contribution >= 4 is 32.6 Å². The molecule has 0 spiro atoms. The minimum atomic E-state index is -1.43. The molecule has 34 heavy (non-hydrogen) atoms. The van der Waals surface area contributed by atoms with Crippen LogP contribution in [0.3, 0.4) is 0 Å². The molecule has 196 valence electrons. The number of aryl methyl sites for hydroxylation is 1. The normalized spacial score (nSPS) is 12.7. The van der Waals surface area contributed by atoms with E-state index in [4.69, 9.17) is 0 Å². The summed E-state index contributed by atoms with van der Waals surface area (Å²) in [6, 6.07) is 8.14. The standard InChI is InChI=1S/C32H60Si2/c1-9-12-14-16-18-19-21-22-25-33(5,6)31-28-30(24-11-3)32(27-29(31)4)34(7,8)26-23-20-17-15-13-10-2/h11,24,27-28H,9-10,12-23,25-26H2,1-8H3/b24-11+. The van der Waals surface area contributed by atoms with Crippen LogP contribution >= 0.6 is 0 Å². The van der Waals surface area contributed by atoms with Crippen molar-refractivity contribution in [3.63, 3.8) is 0 Å². The van der Waals surface area contributed by atoms with Gasteiger partial charge in [0.05, 0.1) is 16.1 Å². The molecule has 0 aromatic heterocycles. The Morgan fingerprint density at radius 1 is 0.588 bits per heavy atom. The number of unbranched alkanes of at least 4 members (excludes halogenated alkanes) is 12. The van der Waals surface area contributed by atoms with Crippen molar-refractivity contribution in [1.82, 2.24) is 0 Å². The lowest BCUT2D eigenvalue weighted by atomic mass is 10.1. The minimum Gasteiger partial charge on any atom is -0.0871 e. The predicted octanol–water partition coefficient (Wildman–Crippen LogP) is 10.4. The van der Waals surface area contributed by atoms with Crippen molar-refractivity contribution in [2.45, 2.75) is 156 Å². The van der Waals surface area contributed by atoms with Crippen molar-refractivity contribution in [2.75, 3.05) is 0 Å². The average molecular weight is 501 g/mol. The van der Waals surface area contributed by atoms with E-state index >= 15 is 0 Å². The predicted molar refractivity (Wildman–Crippen MR) is 166 cm³/mol. The summed E-state index contributed by atoms with van der Waals surface area (Å²) in [5.74, 6) is 0. The Labute approximate surface area is 217 Å². The lowest BCUT2D eigenvalue weighted by molar-refractivity contribution is 0.584. The molecule has 1 rings (SSSR count). The zero-order valence-corrected chi connectivity index (χ0v) is 26.6. The quantitative estimate of drug-likeness (QED) is 0.131. The lowest BCUT2D eigenvalue weighted by Crippen LogP contribution is -2.48. The van der Waals surface area contributed by atoms with Crippen LogP contribution in [0.4, 0.5) is 0 Å². The molecular weight excluding hydrogens is 441 g/mol. The van der Waals surface area contributed by atoms with E-state index in [2.05, 4.69) is 78.2 Å². The number of hydrogen-bond donors (Lipinski definition) is 0. The van der Waals surface area contributed by atoms with Crippen LogP contribution in [-0.2, 0) is 0 Å². The number of allylic oxidation sites excluding steroid dienone is 1. The fourth-order valence-corrected chi connectivity index (χ4v) is 11.7. The maximum absolute atomic E-state index is 2.64. The summed E-state index contributed by atoms with van der Waals surface area (Å²) in [4.78, 5) is 0. The second-order valence-corrected chi connectivity index (χ2v) is 21.9. The maximum atomic E-state index is 2.64. The maximum Gasteiger partial charge on any atom is 0.0814 e. The molecule has 0 aliphatic heterocycles. The van der Waals surface area contributed by atoms with Crippen LogP contribution in [0.15, 0.2) is 18.2 Å². The van der Waals surface area contributed by atoms with E-state index in [1.165, 1.54) is 102 Å². The molecule has 0 unspecified atom stereocenters. The first-order valence-corrected chi connectivity index (χ1v) is 21.4. The van der Waals surface area contributed by atoms with Gasteiger partial charge in [-0.25, -0.2) is 0 Å². The Bertz CT molecular complexity index is 699. The third-order valence-electron chi connectivity index (χ3n) is 8.01. The molecule has 0 heterocycles. The van der Waals surface area contributed by atoms with E-state index in [1.807, 2.05) is 0 Å².